The van der Waals surface area contributed by atoms with Crippen LogP contribution in [0.2, 0.25) is 0 Å². The number of aromatic nitrogens is 9. The summed E-state index contributed by atoms with van der Waals surface area (Å²) in [5, 5.41) is 32.7. The molecule has 13 nitrogen and oxygen atoms in total. The van der Waals surface area contributed by atoms with Gasteiger partial charge in [0.2, 0.25) is 0 Å². The van der Waals surface area contributed by atoms with Crippen molar-refractivity contribution in [3.63, 3.8) is 0 Å². The van der Waals surface area contributed by atoms with Crippen molar-refractivity contribution in [2.24, 2.45) is 11.3 Å². The molecule has 33 heavy (non-hydrogen) atoms. The minimum atomic E-state index is -1.13. The first-order chi connectivity index (χ1) is 16.0. The van der Waals surface area contributed by atoms with Crippen LogP contribution in [0.4, 0.5) is 5.82 Å². The molecule has 3 N–H and O–H groups in total. The molecule has 2 fully saturated rings. The van der Waals surface area contributed by atoms with Crippen LogP contribution in [0, 0.1) is 11.3 Å². The molecule has 0 saturated heterocycles. The topological polar surface area (TPSA) is 170 Å². The Bertz CT molecular complexity index is 1390. The van der Waals surface area contributed by atoms with Crippen molar-refractivity contribution in [1.29, 1.82) is 0 Å². The number of aliphatic hydroxyl groups is 2. The van der Waals surface area contributed by atoms with Gasteiger partial charge in [0.15, 0.2) is 17.0 Å². The third kappa shape index (κ3) is 2.66. The van der Waals surface area contributed by atoms with Crippen LogP contribution in [0.3, 0.4) is 0 Å². The Morgan fingerprint density at radius 3 is 2.76 bits per heavy atom. The number of nitrogens with one attached hydrogen (secondary N) is 1. The van der Waals surface area contributed by atoms with E-state index < -0.39 is 23.7 Å². The minimum absolute atomic E-state index is 0.114. The largest absolute Gasteiger partial charge is 0.389 e. The maximum atomic E-state index is 12.2. The Labute approximate surface area is 186 Å². The second-order valence-corrected chi connectivity index (χ2v) is 8.42. The smallest absolute Gasteiger partial charge is 0.256 e. The average molecular weight is 448 g/mol. The Balaban J connectivity index is 1.45. The molecule has 2 aliphatic carbocycles. The molecular weight excluding hydrogens is 428 g/mol. The lowest BCUT2D eigenvalue weighted by atomic mass is 9.95. The van der Waals surface area contributed by atoms with E-state index in [0.717, 1.165) is 0 Å². The Morgan fingerprint density at radius 2 is 2.06 bits per heavy atom. The molecule has 4 aromatic heterocycles. The first-order valence-corrected chi connectivity index (χ1v) is 10.4. The monoisotopic (exact) mass is 448 g/mol. The van der Waals surface area contributed by atoms with Gasteiger partial charge in [-0.2, -0.15) is 14.6 Å². The molecule has 0 aliphatic heterocycles. The molecule has 13 heteroatoms. The fraction of sp³-hybridized carbons (Fsp3) is 0.400. The Kier molecular flexibility index (Phi) is 4.10. The van der Waals surface area contributed by atoms with Gasteiger partial charge in [0.1, 0.15) is 23.3 Å². The highest BCUT2D eigenvalue weighted by atomic mass is 16.3. The number of carbonyl (C=O) groups is 1. The third-order valence-corrected chi connectivity index (χ3v) is 6.82. The summed E-state index contributed by atoms with van der Waals surface area (Å²) in [6, 6.07) is -0.535. The normalized spacial score (nSPS) is 28.1. The molecule has 0 amide bonds. The zero-order valence-electron chi connectivity index (χ0n) is 17.7. The fourth-order valence-corrected chi connectivity index (χ4v) is 5.08. The van der Waals surface area contributed by atoms with Gasteiger partial charge >= 0.3 is 0 Å². The molecule has 2 saturated carbocycles. The number of hydrogen-bond acceptors (Lipinski definition) is 11. The maximum Gasteiger partial charge on any atom is 0.256 e. The molecule has 4 heterocycles. The molecule has 2 aliphatic rings. The van der Waals surface area contributed by atoms with Crippen LogP contribution in [0.5, 0.6) is 0 Å². The number of carbonyl (C=O) groups excluding carboxylic acids is 1. The summed E-state index contributed by atoms with van der Waals surface area (Å²) >= 11 is 0. The molecule has 0 spiro atoms. The van der Waals surface area contributed by atoms with Crippen LogP contribution < -0.4 is 5.32 Å². The van der Waals surface area contributed by atoms with E-state index >= 15 is 0 Å². The van der Waals surface area contributed by atoms with Crippen molar-refractivity contribution in [1.82, 2.24) is 44.5 Å². The number of rotatable bonds is 5. The summed E-state index contributed by atoms with van der Waals surface area (Å²) in [5.41, 5.74) is 1.10. The first-order valence-electron chi connectivity index (χ1n) is 10.4. The van der Waals surface area contributed by atoms with E-state index in [-0.39, 0.29) is 17.6 Å². The molecule has 2 unspecified atom stereocenters. The second kappa shape index (κ2) is 6.83. The second-order valence-electron chi connectivity index (χ2n) is 8.42. The van der Waals surface area contributed by atoms with Crippen LogP contribution in [-0.2, 0) is 4.79 Å². The maximum absolute atomic E-state index is 12.2. The van der Waals surface area contributed by atoms with Gasteiger partial charge in [-0.15, -0.1) is 5.10 Å². The van der Waals surface area contributed by atoms with Gasteiger partial charge in [0.05, 0.1) is 36.3 Å². The average Bonchev–Trinajstić information content (AvgIpc) is 3.10. The SMILES string of the molecule is CNc1nc(-n2cc(-c3cnccn3)nn2)nc2c1ncn2[C@@H]1C2C[C@@]2(C(C)=O)C(O)[C@H]1O. The molecule has 6 rings (SSSR count). The van der Waals surface area contributed by atoms with Crippen LogP contribution in [-0.4, -0.2) is 79.7 Å². The number of ketones is 1. The summed E-state index contributed by atoms with van der Waals surface area (Å²) in [6.45, 7) is 1.46. The van der Waals surface area contributed by atoms with Gasteiger partial charge in [-0.05, 0) is 19.3 Å². The van der Waals surface area contributed by atoms with E-state index in [9.17, 15) is 15.0 Å². The zero-order valence-corrected chi connectivity index (χ0v) is 17.7. The molecule has 0 radical (unpaired) electrons. The number of hydrogen-bond donors (Lipinski definition) is 3. The van der Waals surface area contributed by atoms with E-state index in [0.29, 0.717) is 34.8 Å². The lowest BCUT2D eigenvalue weighted by Gasteiger charge is -2.23. The molecule has 5 atom stereocenters. The number of anilines is 1. The Hall–Kier alpha value is -3.84. The van der Waals surface area contributed by atoms with Gasteiger partial charge in [-0.3, -0.25) is 14.8 Å². The first kappa shape index (κ1) is 19.8. The van der Waals surface area contributed by atoms with Gasteiger partial charge in [0.25, 0.3) is 5.95 Å². The molecular formula is C20H20N10O3. The summed E-state index contributed by atoms with van der Waals surface area (Å²) in [6.07, 6.45) is 6.19. The van der Waals surface area contributed by atoms with Gasteiger partial charge in [-0.25, -0.2) is 4.98 Å². The van der Waals surface area contributed by atoms with E-state index in [1.807, 2.05) is 0 Å². The summed E-state index contributed by atoms with van der Waals surface area (Å²) in [4.78, 5) is 34.1. The van der Waals surface area contributed by atoms with Crippen LogP contribution in [0.15, 0.2) is 31.1 Å². The molecule has 168 valence electrons. The van der Waals surface area contributed by atoms with Crippen molar-refractivity contribution >= 4 is 22.8 Å². The van der Waals surface area contributed by atoms with E-state index in [1.54, 1.807) is 42.7 Å². The fourth-order valence-electron chi connectivity index (χ4n) is 5.08. The van der Waals surface area contributed by atoms with Gasteiger partial charge in [0, 0.05) is 19.4 Å². The van der Waals surface area contributed by atoms with Crippen molar-refractivity contribution in [3.8, 4) is 17.3 Å². The van der Waals surface area contributed by atoms with Gasteiger partial charge < -0.3 is 20.1 Å². The number of Topliss-reactive ketones (excluding diaryl/α,β-unsaturated/α-hetero) is 1. The van der Waals surface area contributed by atoms with E-state index in [4.69, 9.17) is 0 Å². The summed E-state index contributed by atoms with van der Waals surface area (Å²) < 4.78 is 3.14. The number of imidazole rings is 1. The number of nitrogens with zero attached hydrogens (tertiary/aromatic N) is 9. The third-order valence-electron chi connectivity index (χ3n) is 6.82. The highest BCUT2D eigenvalue weighted by molar-refractivity contribution is 5.88. The quantitative estimate of drug-likeness (QED) is 0.369. The van der Waals surface area contributed by atoms with Crippen LogP contribution in [0.25, 0.3) is 28.5 Å². The number of fused-ring (bicyclic) bond motifs is 2. The molecule has 0 aromatic carbocycles. The zero-order chi connectivity index (χ0) is 22.9. The summed E-state index contributed by atoms with van der Waals surface area (Å²) in [7, 11) is 1.72. The van der Waals surface area contributed by atoms with Crippen LogP contribution >= 0.6 is 0 Å². The molecule has 4 aromatic rings. The van der Waals surface area contributed by atoms with E-state index in [2.05, 4.69) is 40.5 Å². The van der Waals surface area contributed by atoms with E-state index in [1.165, 1.54) is 11.6 Å². The van der Waals surface area contributed by atoms with Crippen molar-refractivity contribution in [2.75, 3.05) is 12.4 Å². The van der Waals surface area contributed by atoms with Crippen LogP contribution in [0.1, 0.15) is 19.4 Å². The minimum Gasteiger partial charge on any atom is -0.389 e. The number of aliphatic hydroxyl groups excluding tert-OH is 2. The highest BCUT2D eigenvalue weighted by Gasteiger charge is 2.74. The van der Waals surface area contributed by atoms with Gasteiger partial charge in [-0.1, -0.05) is 5.21 Å². The lowest BCUT2D eigenvalue weighted by Crippen LogP contribution is -2.36. The lowest BCUT2D eigenvalue weighted by molar-refractivity contribution is -0.128. The summed E-state index contributed by atoms with van der Waals surface area (Å²) in [5.74, 6) is 0.393. The van der Waals surface area contributed by atoms with Crippen molar-refractivity contribution in [3.05, 3.63) is 31.1 Å². The predicted octanol–water partition coefficient (Wildman–Crippen LogP) is -0.223. The Morgan fingerprint density at radius 1 is 1.21 bits per heavy atom. The van der Waals surface area contributed by atoms with Crippen molar-refractivity contribution < 1.29 is 15.0 Å². The molecule has 0 bridgehead atoms. The predicted molar refractivity (Wildman–Crippen MR) is 113 cm³/mol. The van der Waals surface area contributed by atoms with Crippen molar-refractivity contribution in [2.45, 2.75) is 31.6 Å². The standard InChI is InChI=1S/C20H20N10O3/c1-9(31)20-5-10(20)14(15(32)16(20)33)29-8-24-13-17(21-2)25-19(26-18(13)29)30-7-12(27-28-30)11-6-22-3-4-23-11/h3-4,6-8,10,14-16,32-33H,5H2,1-2H3,(H,21,25,26)/t10?,14-,15+,16?,20+/m1/s1. The highest BCUT2D eigenvalue weighted by Crippen LogP contribution is 2.68.